The van der Waals surface area contributed by atoms with E-state index in [1.165, 1.54) is 4.90 Å². The van der Waals surface area contributed by atoms with Gasteiger partial charge in [-0.2, -0.15) is 0 Å². The molecule has 0 bridgehead atoms. The van der Waals surface area contributed by atoms with Crippen molar-refractivity contribution in [2.24, 2.45) is 11.8 Å². The van der Waals surface area contributed by atoms with E-state index in [9.17, 15) is 14.4 Å². The van der Waals surface area contributed by atoms with Gasteiger partial charge in [0.15, 0.2) is 0 Å². The maximum absolute atomic E-state index is 14.3. The van der Waals surface area contributed by atoms with Crippen molar-refractivity contribution in [2.45, 2.75) is 38.0 Å². The summed E-state index contributed by atoms with van der Waals surface area (Å²) in [6.07, 6.45) is 0.648. The van der Waals surface area contributed by atoms with E-state index in [2.05, 4.69) is 5.32 Å². The third-order valence-electron chi connectivity index (χ3n) is 7.76. The highest BCUT2D eigenvalue weighted by molar-refractivity contribution is 6.16. The van der Waals surface area contributed by atoms with E-state index in [4.69, 9.17) is 0 Å². The Morgan fingerprint density at radius 3 is 1.94 bits per heavy atom. The fourth-order valence-electron chi connectivity index (χ4n) is 6.20. The lowest BCUT2D eigenvalue weighted by Gasteiger charge is -2.30. The van der Waals surface area contributed by atoms with Crippen molar-refractivity contribution in [3.63, 3.8) is 0 Å². The van der Waals surface area contributed by atoms with Crippen LogP contribution in [0.25, 0.3) is 0 Å². The Labute approximate surface area is 204 Å². The quantitative estimate of drug-likeness (QED) is 0.585. The summed E-state index contributed by atoms with van der Waals surface area (Å²) in [5.41, 5.74) is 2.25. The normalized spacial score (nSPS) is 27.1. The molecule has 1 spiro atoms. The number of nitrogens with one attached hydrogen (secondary N) is 1. The summed E-state index contributed by atoms with van der Waals surface area (Å²) in [6.45, 7) is 2.63. The second-order valence-electron chi connectivity index (χ2n) is 9.61. The van der Waals surface area contributed by atoms with Crippen LogP contribution in [0.5, 0.6) is 0 Å². The molecule has 6 heteroatoms. The molecule has 0 aromatic heterocycles. The van der Waals surface area contributed by atoms with Crippen molar-refractivity contribution in [3.8, 4) is 0 Å². The van der Waals surface area contributed by atoms with Crippen LogP contribution in [0.15, 0.2) is 84.9 Å². The summed E-state index contributed by atoms with van der Waals surface area (Å²) in [5.74, 6) is -1.94. The van der Waals surface area contributed by atoms with Crippen LogP contribution in [0.3, 0.4) is 0 Å². The predicted molar refractivity (Wildman–Crippen MR) is 132 cm³/mol. The Kier molecular flexibility index (Phi) is 5.07. The number of hydrogen-bond donors (Lipinski definition) is 1. The van der Waals surface area contributed by atoms with Gasteiger partial charge < -0.3 is 4.90 Å². The maximum Gasteiger partial charge on any atom is 0.253 e. The molecule has 0 aliphatic carbocycles. The van der Waals surface area contributed by atoms with E-state index >= 15 is 0 Å². The number of nitrogens with zero attached hydrogens (tertiary/aromatic N) is 2. The molecule has 0 unspecified atom stereocenters. The van der Waals surface area contributed by atoms with E-state index < -0.39 is 17.4 Å². The first-order chi connectivity index (χ1) is 17.1. The van der Waals surface area contributed by atoms with Gasteiger partial charge in [-0.15, -0.1) is 0 Å². The number of hydrogen-bond acceptors (Lipinski definition) is 4. The molecule has 176 valence electrons. The number of rotatable bonds is 5. The van der Waals surface area contributed by atoms with Gasteiger partial charge in [0, 0.05) is 17.3 Å². The van der Waals surface area contributed by atoms with Crippen LogP contribution in [0.2, 0.25) is 0 Å². The molecule has 35 heavy (non-hydrogen) atoms. The number of para-hydroxylation sites is 1. The first kappa shape index (κ1) is 21.7. The zero-order chi connectivity index (χ0) is 24.2. The average Bonchev–Trinajstić information content (AvgIpc) is 3.46. The summed E-state index contributed by atoms with van der Waals surface area (Å²) < 4.78 is 0. The molecule has 4 atom stereocenters. The van der Waals surface area contributed by atoms with Gasteiger partial charge in [0.1, 0.15) is 5.54 Å². The lowest BCUT2D eigenvalue weighted by molar-refractivity contribution is -0.143. The molecule has 2 fully saturated rings. The van der Waals surface area contributed by atoms with Gasteiger partial charge in [-0.1, -0.05) is 85.8 Å². The van der Waals surface area contributed by atoms with E-state index in [0.717, 1.165) is 22.4 Å². The molecule has 3 aromatic carbocycles. The van der Waals surface area contributed by atoms with Crippen LogP contribution < -0.4 is 10.2 Å². The van der Waals surface area contributed by atoms with Crippen LogP contribution in [-0.2, 0) is 33.0 Å². The van der Waals surface area contributed by atoms with Gasteiger partial charge in [-0.25, -0.2) is 0 Å². The first-order valence-corrected chi connectivity index (χ1v) is 12.2. The number of likely N-dealkylation sites (tertiary alicyclic amines) is 1. The zero-order valence-corrected chi connectivity index (χ0v) is 19.6. The summed E-state index contributed by atoms with van der Waals surface area (Å²) >= 11 is 0. The average molecular weight is 466 g/mol. The van der Waals surface area contributed by atoms with Crippen molar-refractivity contribution in [2.75, 3.05) is 4.90 Å². The number of carbonyl (C=O) groups excluding carboxylic acids is 3. The third-order valence-corrected chi connectivity index (χ3v) is 7.76. The minimum Gasteiger partial charge on any atom is -0.306 e. The lowest BCUT2D eigenvalue weighted by Crippen LogP contribution is -2.54. The molecule has 3 heterocycles. The number of imide groups is 1. The minimum atomic E-state index is -1.24. The fraction of sp³-hybridized carbons (Fsp3) is 0.276. The summed E-state index contributed by atoms with van der Waals surface area (Å²) in [7, 11) is 0. The molecule has 3 aliphatic heterocycles. The second kappa shape index (κ2) is 8.17. The molecule has 2 saturated heterocycles. The zero-order valence-electron chi connectivity index (χ0n) is 19.6. The van der Waals surface area contributed by atoms with Gasteiger partial charge in [0.05, 0.1) is 24.9 Å². The molecule has 3 amide bonds. The number of benzene rings is 3. The summed E-state index contributed by atoms with van der Waals surface area (Å²) in [5, 5.41) is 3.53. The fourth-order valence-corrected chi connectivity index (χ4v) is 6.20. The van der Waals surface area contributed by atoms with Crippen molar-refractivity contribution in [3.05, 3.63) is 102 Å². The Hall–Kier alpha value is -3.77. The van der Waals surface area contributed by atoms with Crippen LogP contribution in [0.4, 0.5) is 5.69 Å². The number of fused-ring (bicyclic) bond motifs is 4. The second-order valence-corrected chi connectivity index (χ2v) is 9.61. The van der Waals surface area contributed by atoms with E-state index in [-0.39, 0.29) is 30.3 Å². The molecule has 0 radical (unpaired) electrons. The number of carbonyl (C=O) groups is 3. The van der Waals surface area contributed by atoms with Crippen molar-refractivity contribution >= 4 is 23.4 Å². The van der Waals surface area contributed by atoms with E-state index in [1.54, 1.807) is 4.90 Å². The van der Waals surface area contributed by atoms with Crippen molar-refractivity contribution < 1.29 is 14.4 Å². The molecule has 3 aliphatic rings. The maximum atomic E-state index is 14.3. The molecule has 3 aromatic rings. The van der Waals surface area contributed by atoms with Crippen LogP contribution in [-0.4, -0.2) is 28.7 Å². The highest BCUT2D eigenvalue weighted by atomic mass is 16.2. The van der Waals surface area contributed by atoms with Gasteiger partial charge in [-0.05, 0) is 23.6 Å². The largest absolute Gasteiger partial charge is 0.306 e. The SMILES string of the molecule is CC[C@H]1N[C@]2(C(=O)N(Cc3ccccc3)c3ccccc32)[C@@H]2C(=O)N(Cc3ccccc3)C(=O)[C@@H]21. The number of amides is 3. The predicted octanol–water partition coefficient (Wildman–Crippen LogP) is 3.61. The monoisotopic (exact) mass is 465 g/mol. The third kappa shape index (κ3) is 3.09. The van der Waals surface area contributed by atoms with Crippen LogP contribution in [0.1, 0.15) is 30.0 Å². The standard InChI is InChI=1S/C29H27N3O3/c1-2-22-24-25(27(34)32(26(24)33)18-20-13-7-4-8-14-20)29(30-22)21-15-9-10-16-23(21)31(28(29)35)17-19-11-5-3-6-12-19/h3-16,22,24-25,30H,2,17-18H2,1H3/t22-,24-,25+,29+/m1/s1. The van der Waals surface area contributed by atoms with Crippen LogP contribution in [0, 0.1) is 11.8 Å². The van der Waals surface area contributed by atoms with E-state index in [0.29, 0.717) is 13.0 Å². The molecular weight excluding hydrogens is 438 g/mol. The van der Waals surface area contributed by atoms with E-state index in [1.807, 2.05) is 91.9 Å². The van der Waals surface area contributed by atoms with Gasteiger partial charge in [0.2, 0.25) is 11.8 Å². The highest BCUT2D eigenvalue weighted by Gasteiger charge is 2.71. The first-order valence-electron chi connectivity index (χ1n) is 12.2. The lowest BCUT2D eigenvalue weighted by atomic mass is 9.76. The van der Waals surface area contributed by atoms with Crippen LogP contribution >= 0.6 is 0 Å². The molecule has 1 N–H and O–H groups in total. The van der Waals surface area contributed by atoms with Crippen molar-refractivity contribution in [1.82, 2.24) is 10.2 Å². The van der Waals surface area contributed by atoms with Gasteiger partial charge >= 0.3 is 0 Å². The Bertz CT molecular complexity index is 1310. The number of anilines is 1. The molecule has 6 nitrogen and oxygen atoms in total. The van der Waals surface area contributed by atoms with Gasteiger partial charge in [-0.3, -0.25) is 24.6 Å². The summed E-state index contributed by atoms with van der Waals surface area (Å²) in [4.78, 5) is 45.0. The summed E-state index contributed by atoms with van der Waals surface area (Å²) in [6, 6.07) is 26.8. The Morgan fingerprint density at radius 2 is 1.31 bits per heavy atom. The Balaban J connectivity index is 1.44. The highest BCUT2D eigenvalue weighted by Crippen LogP contribution is 2.55. The van der Waals surface area contributed by atoms with Crippen molar-refractivity contribution in [1.29, 1.82) is 0 Å². The smallest absolute Gasteiger partial charge is 0.253 e. The molecular formula is C29H27N3O3. The van der Waals surface area contributed by atoms with Gasteiger partial charge in [0.25, 0.3) is 5.91 Å². The molecule has 6 rings (SSSR count). The Morgan fingerprint density at radius 1 is 0.743 bits per heavy atom. The minimum absolute atomic E-state index is 0.156. The molecule has 0 saturated carbocycles. The topological polar surface area (TPSA) is 69.7 Å².